The lowest BCUT2D eigenvalue weighted by Crippen LogP contribution is -2.35. The van der Waals surface area contributed by atoms with Gasteiger partial charge in [0.1, 0.15) is 0 Å². The number of amides is 2. The zero-order valence-electron chi connectivity index (χ0n) is 15.6. The molecule has 0 atom stereocenters. The molecule has 2 N–H and O–H groups in total. The van der Waals surface area contributed by atoms with Crippen molar-refractivity contribution >= 4 is 27.5 Å². The normalized spacial score (nSPS) is 15.0. The van der Waals surface area contributed by atoms with Crippen molar-refractivity contribution in [3.8, 4) is 0 Å². The minimum absolute atomic E-state index is 0.195. The van der Waals surface area contributed by atoms with Crippen LogP contribution in [0.2, 0.25) is 0 Å². The number of rotatable bonds is 5. The molecule has 0 unspecified atom stereocenters. The Labute approximate surface area is 164 Å². The quantitative estimate of drug-likeness (QED) is 0.805. The molecule has 0 aliphatic carbocycles. The molecule has 2 aromatic rings. The number of nitrogens with one attached hydrogen (secondary N) is 2. The van der Waals surface area contributed by atoms with Gasteiger partial charge in [-0.1, -0.05) is 6.42 Å². The maximum absolute atomic E-state index is 12.7. The Kier molecular flexibility index (Phi) is 6.11. The van der Waals surface area contributed by atoms with Gasteiger partial charge in [0, 0.05) is 37.0 Å². The summed E-state index contributed by atoms with van der Waals surface area (Å²) in [4.78, 5) is 24.1. The zero-order chi connectivity index (χ0) is 20.1. The second kappa shape index (κ2) is 8.53. The third-order valence-electron chi connectivity index (χ3n) is 4.70. The van der Waals surface area contributed by atoms with Gasteiger partial charge in [0.25, 0.3) is 11.8 Å². The van der Waals surface area contributed by atoms with E-state index in [4.69, 9.17) is 0 Å². The fraction of sp³-hybridized carbons (Fsp3) is 0.300. The van der Waals surface area contributed by atoms with Crippen molar-refractivity contribution < 1.29 is 18.0 Å². The Morgan fingerprint density at radius 2 is 1.36 bits per heavy atom. The standard InChI is InChI=1S/C20H23N3O4S/c1-21-19(24)15-5-9-17(10-6-15)22-20(25)16-7-11-18(12-8-16)28(26,27)23-13-3-2-4-14-23/h5-12H,2-4,13-14H2,1H3,(H,21,24)(H,22,25). The molecule has 28 heavy (non-hydrogen) atoms. The molecule has 2 amide bonds. The molecule has 0 saturated carbocycles. The zero-order valence-corrected chi connectivity index (χ0v) is 16.5. The highest BCUT2D eigenvalue weighted by atomic mass is 32.2. The molecule has 2 aromatic carbocycles. The summed E-state index contributed by atoms with van der Waals surface area (Å²) in [6.07, 6.45) is 2.80. The van der Waals surface area contributed by atoms with Gasteiger partial charge < -0.3 is 10.6 Å². The molecule has 3 rings (SSSR count). The van der Waals surface area contributed by atoms with Gasteiger partial charge in [-0.15, -0.1) is 0 Å². The van der Waals surface area contributed by atoms with Crippen molar-refractivity contribution in [2.24, 2.45) is 0 Å². The van der Waals surface area contributed by atoms with Crippen molar-refractivity contribution in [1.82, 2.24) is 9.62 Å². The highest BCUT2D eigenvalue weighted by Gasteiger charge is 2.25. The number of carbonyl (C=O) groups excluding carboxylic acids is 2. The van der Waals surface area contributed by atoms with Gasteiger partial charge >= 0.3 is 0 Å². The number of benzene rings is 2. The van der Waals surface area contributed by atoms with E-state index < -0.39 is 10.0 Å². The smallest absolute Gasteiger partial charge is 0.255 e. The van der Waals surface area contributed by atoms with E-state index in [1.807, 2.05) is 0 Å². The van der Waals surface area contributed by atoms with E-state index in [-0.39, 0.29) is 16.7 Å². The van der Waals surface area contributed by atoms with E-state index in [9.17, 15) is 18.0 Å². The Balaban J connectivity index is 1.69. The Morgan fingerprint density at radius 1 is 0.821 bits per heavy atom. The van der Waals surface area contributed by atoms with Crippen LogP contribution < -0.4 is 10.6 Å². The number of anilines is 1. The molecule has 7 nitrogen and oxygen atoms in total. The topological polar surface area (TPSA) is 95.6 Å². The first-order valence-electron chi connectivity index (χ1n) is 9.15. The molecule has 0 bridgehead atoms. The van der Waals surface area contributed by atoms with Gasteiger partial charge in [-0.3, -0.25) is 9.59 Å². The summed E-state index contributed by atoms with van der Waals surface area (Å²) in [6.45, 7) is 1.08. The number of nitrogens with zero attached hydrogens (tertiary/aromatic N) is 1. The molecule has 0 aromatic heterocycles. The van der Waals surface area contributed by atoms with Gasteiger partial charge in [0.15, 0.2) is 0 Å². The second-order valence-corrected chi connectivity index (χ2v) is 8.54. The van der Waals surface area contributed by atoms with Crippen LogP contribution in [0.3, 0.4) is 0 Å². The van der Waals surface area contributed by atoms with Crippen molar-refractivity contribution in [3.05, 3.63) is 59.7 Å². The van der Waals surface area contributed by atoms with Crippen LogP contribution in [-0.2, 0) is 10.0 Å². The average Bonchev–Trinajstić information content (AvgIpc) is 2.74. The van der Waals surface area contributed by atoms with Gasteiger partial charge in [0.05, 0.1) is 4.90 Å². The Morgan fingerprint density at radius 3 is 1.93 bits per heavy atom. The summed E-state index contributed by atoms with van der Waals surface area (Å²) in [5, 5.41) is 5.26. The SMILES string of the molecule is CNC(=O)c1ccc(NC(=O)c2ccc(S(=O)(=O)N3CCCCC3)cc2)cc1. The minimum Gasteiger partial charge on any atom is -0.355 e. The number of hydrogen-bond acceptors (Lipinski definition) is 4. The number of carbonyl (C=O) groups is 2. The summed E-state index contributed by atoms with van der Waals surface area (Å²) >= 11 is 0. The Hall–Kier alpha value is -2.71. The lowest BCUT2D eigenvalue weighted by Gasteiger charge is -2.25. The van der Waals surface area contributed by atoms with E-state index in [1.54, 1.807) is 31.3 Å². The monoisotopic (exact) mass is 401 g/mol. The third kappa shape index (κ3) is 4.40. The second-order valence-electron chi connectivity index (χ2n) is 6.60. The average molecular weight is 401 g/mol. The number of hydrogen-bond donors (Lipinski definition) is 2. The van der Waals surface area contributed by atoms with E-state index in [1.165, 1.54) is 28.6 Å². The van der Waals surface area contributed by atoms with Crippen LogP contribution in [0, 0.1) is 0 Å². The maximum Gasteiger partial charge on any atom is 0.255 e. The fourth-order valence-electron chi connectivity index (χ4n) is 3.09. The van der Waals surface area contributed by atoms with E-state index in [0.29, 0.717) is 29.9 Å². The molecule has 1 fully saturated rings. The van der Waals surface area contributed by atoms with Crippen LogP contribution in [0.5, 0.6) is 0 Å². The lowest BCUT2D eigenvalue weighted by atomic mass is 10.1. The summed E-state index contributed by atoms with van der Waals surface area (Å²) in [5.41, 5.74) is 1.39. The van der Waals surface area contributed by atoms with E-state index in [0.717, 1.165) is 19.3 Å². The van der Waals surface area contributed by atoms with Crippen LogP contribution in [0.4, 0.5) is 5.69 Å². The van der Waals surface area contributed by atoms with Crippen molar-refractivity contribution in [1.29, 1.82) is 0 Å². The van der Waals surface area contributed by atoms with Crippen LogP contribution in [0.1, 0.15) is 40.0 Å². The third-order valence-corrected chi connectivity index (χ3v) is 6.61. The summed E-state index contributed by atoms with van der Waals surface area (Å²) in [7, 11) is -1.97. The highest BCUT2D eigenvalue weighted by molar-refractivity contribution is 7.89. The van der Waals surface area contributed by atoms with Crippen molar-refractivity contribution in [2.75, 3.05) is 25.5 Å². The van der Waals surface area contributed by atoms with Crippen LogP contribution in [0.15, 0.2) is 53.4 Å². The van der Waals surface area contributed by atoms with Crippen LogP contribution >= 0.6 is 0 Å². The first kappa shape index (κ1) is 20.0. The summed E-state index contributed by atoms with van der Waals surface area (Å²) in [6, 6.07) is 12.4. The first-order chi connectivity index (χ1) is 13.4. The predicted molar refractivity (Wildman–Crippen MR) is 107 cm³/mol. The number of sulfonamides is 1. The Bertz CT molecular complexity index is 948. The highest BCUT2D eigenvalue weighted by Crippen LogP contribution is 2.21. The lowest BCUT2D eigenvalue weighted by molar-refractivity contribution is 0.0962. The molecule has 1 aliphatic rings. The van der Waals surface area contributed by atoms with Gasteiger partial charge in [-0.2, -0.15) is 4.31 Å². The molecule has 148 valence electrons. The fourth-order valence-corrected chi connectivity index (χ4v) is 4.60. The van der Waals surface area contributed by atoms with Gasteiger partial charge in [-0.05, 0) is 61.4 Å². The molecule has 1 saturated heterocycles. The van der Waals surface area contributed by atoms with E-state index in [2.05, 4.69) is 10.6 Å². The molecule has 1 heterocycles. The van der Waals surface area contributed by atoms with Crippen LogP contribution in [0.25, 0.3) is 0 Å². The molecule has 0 radical (unpaired) electrons. The van der Waals surface area contributed by atoms with Crippen molar-refractivity contribution in [2.45, 2.75) is 24.2 Å². The minimum atomic E-state index is -3.52. The molecule has 1 aliphatic heterocycles. The maximum atomic E-state index is 12.7. The summed E-state index contributed by atoms with van der Waals surface area (Å²) < 4.78 is 26.8. The van der Waals surface area contributed by atoms with Crippen LogP contribution in [-0.4, -0.2) is 44.7 Å². The predicted octanol–water partition coefficient (Wildman–Crippen LogP) is 2.47. The number of piperidine rings is 1. The summed E-state index contributed by atoms with van der Waals surface area (Å²) in [5.74, 6) is -0.557. The van der Waals surface area contributed by atoms with Crippen molar-refractivity contribution in [3.63, 3.8) is 0 Å². The molecular weight excluding hydrogens is 378 g/mol. The molecule has 0 spiro atoms. The molecular formula is C20H23N3O4S. The van der Waals surface area contributed by atoms with E-state index >= 15 is 0 Å². The molecule has 8 heteroatoms. The van der Waals surface area contributed by atoms with Gasteiger partial charge in [0.2, 0.25) is 10.0 Å². The largest absolute Gasteiger partial charge is 0.355 e. The first-order valence-corrected chi connectivity index (χ1v) is 10.6. The van der Waals surface area contributed by atoms with Gasteiger partial charge in [-0.25, -0.2) is 8.42 Å².